The molecule has 0 radical (unpaired) electrons. The van der Waals surface area contributed by atoms with E-state index in [1.165, 1.54) is 0 Å². The van der Waals surface area contributed by atoms with Gasteiger partial charge >= 0.3 is 6.03 Å². The van der Waals surface area contributed by atoms with Crippen LogP contribution in [0, 0.1) is 0 Å². The van der Waals surface area contributed by atoms with Gasteiger partial charge in [0.1, 0.15) is 0 Å². The number of hydrogen-bond acceptors (Lipinski definition) is 3. The molecule has 0 saturated carbocycles. The summed E-state index contributed by atoms with van der Waals surface area (Å²) in [5.41, 5.74) is 6.27. The number of nitrogens with one attached hydrogen (secondary N) is 2. The number of aliphatic hydroxyl groups is 1. The predicted molar refractivity (Wildman–Crippen MR) is 77.1 cm³/mol. The van der Waals surface area contributed by atoms with Gasteiger partial charge in [0.25, 0.3) is 0 Å². The van der Waals surface area contributed by atoms with Crippen molar-refractivity contribution < 1.29 is 14.7 Å². The molecule has 5 N–H and O–H groups in total. The molecule has 1 aromatic carbocycles. The predicted octanol–water partition coefficient (Wildman–Crippen LogP) is 1.52. The van der Waals surface area contributed by atoms with Crippen LogP contribution >= 0.6 is 0 Å². The summed E-state index contributed by atoms with van der Waals surface area (Å²) in [5, 5.41) is 14.6. The number of para-hydroxylation sites is 1. The number of primary amides is 1. The van der Waals surface area contributed by atoms with E-state index in [4.69, 9.17) is 5.73 Å². The van der Waals surface area contributed by atoms with E-state index in [1.54, 1.807) is 24.3 Å². The second-order valence-electron chi connectivity index (χ2n) is 4.48. The minimum absolute atomic E-state index is 0.0879. The number of nitrogens with two attached hydrogens (primary N) is 1. The molecule has 0 aliphatic heterocycles. The van der Waals surface area contributed by atoms with Gasteiger partial charge in [-0.05, 0) is 12.5 Å². The van der Waals surface area contributed by atoms with Crippen LogP contribution < -0.4 is 16.4 Å². The second kappa shape index (κ2) is 8.16. The van der Waals surface area contributed by atoms with E-state index >= 15 is 0 Å². The summed E-state index contributed by atoms with van der Waals surface area (Å²) in [6.45, 7) is 1.71. The Bertz CT molecular complexity index is 463. The Morgan fingerprint density at radius 2 is 2.05 bits per heavy atom. The number of aliphatic hydroxyl groups excluding tert-OH is 1. The molecule has 0 aliphatic carbocycles. The molecule has 3 amide bonds. The first-order chi connectivity index (χ1) is 9.58. The van der Waals surface area contributed by atoms with Gasteiger partial charge in [0, 0.05) is 17.7 Å². The lowest BCUT2D eigenvalue weighted by molar-refractivity contribution is -0.116. The highest BCUT2D eigenvalue weighted by molar-refractivity contribution is 5.91. The van der Waals surface area contributed by atoms with Gasteiger partial charge in [0.05, 0.1) is 12.6 Å². The summed E-state index contributed by atoms with van der Waals surface area (Å²) in [4.78, 5) is 22.7. The van der Waals surface area contributed by atoms with Crippen LogP contribution in [0.1, 0.15) is 37.8 Å². The molecule has 0 spiro atoms. The highest BCUT2D eigenvalue weighted by Crippen LogP contribution is 2.22. The standard InChI is InChI=1S/C14H21N3O3/c1-2-3-8-13(19)16-11-7-5-4-6-10(11)12(9-18)17-14(15)20/h4-7,12,18H,2-3,8-9H2,1H3,(H,16,19)(H3,15,17,20). The van der Waals surface area contributed by atoms with Crippen LogP contribution in [0.2, 0.25) is 0 Å². The largest absolute Gasteiger partial charge is 0.394 e. The molecule has 110 valence electrons. The molecule has 1 unspecified atom stereocenters. The average Bonchev–Trinajstić information content (AvgIpc) is 2.43. The van der Waals surface area contributed by atoms with Crippen LogP contribution in [0.25, 0.3) is 0 Å². The van der Waals surface area contributed by atoms with E-state index in [0.717, 1.165) is 12.8 Å². The number of carbonyl (C=O) groups excluding carboxylic acids is 2. The van der Waals surface area contributed by atoms with Crippen molar-refractivity contribution in [3.63, 3.8) is 0 Å². The summed E-state index contributed by atoms with van der Waals surface area (Å²) in [5.74, 6) is -0.0879. The number of anilines is 1. The van der Waals surface area contributed by atoms with Gasteiger partial charge in [0.15, 0.2) is 0 Å². The molecule has 0 aromatic heterocycles. The van der Waals surface area contributed by atoms with Crippen LogP contribution in [-0.4, -0.2) is 23.7 Å². The van der Waals surface area contributed by atoms with Gasteiger partial charge in [-0.1, -0.05) is 31.5 Å². The van der Waals surface area contributed by atoms with E-state index in [-0.39, 0.29) is 12.5 Å². The number of benzene rings is 1. The molecule has 0 aliphatic rings. The van der Waals surface area contributed by atoms with Gasteiger partial charge < -0.3 is 21.5 Å². The molecule has 0 fully saturated rings. The molecular weight excluding hydrogens is 258 g/mol. The Morgan fingerprint density at radius 3 is 2.65 bits per heavy atom. The molecule has 20 heavy (non-hydrogen) atoms. The van der Waals surface area contributed by atoms with E-state index in [9.17, 15) is 14.7 Å². The minimum Gasteiger partial charge on any atom is -0.394 e. The van der Waals surface area contributed by atoms with Crippen molar-refractivity contribution in [2.45, 2.75) is 32.2 Å². The summed E-state index contributed by atoms with van der Waals surface area (Å²) in [6.07, 6.45) is 2.20. The minimum atomic E-state index is -0.726. The highest BCUT2D eigenvalue weighted by atomic mass is 16.3. The van der Waals surface area contributed by atoms with Crippen molar-refractivity contribution in [3.05, 3.63) is 29.8 Å². The van der Waals surface area contributed by atoms with Gasteiger partial charge in [-0.25, -0.2) is 4.79 Å². The van der Waals surface area contributed by atoms with Crippen LogP contribution in [-0.2, 0) is 4.79 Å². The zero-order valence-electron chi connectivity index (χ0n) is 11.6. The van der Waals surface area contributed by atoms with E-state index < -0.39 is 12.1 Å². The number of hydrogen-bond donors (Lipinski definition) is 4. The lowest BCUT2D eigenvalue weighted by atomic mass is 10.0. The summed E-state index contributed by atoms with van der Waals surface area (Å²) in [6, 6.07) is 5.63. The molecule has 0 heterocycles. The van der Waals surface area contributed by atoms with E-state index in [2.05, 4.69) is 10.6 Å². The fourth-order valence-electron chi connectivity index (χ4n) is 1.86. The van der Waals surface area contributed by atoms with Crippen LogP contribution in [0.15, 0.2) is 24.3 Å². The smallest absolute Gasteiger partial charge is 0.312 e. The quantitative estimate of drug-likeness (QED) is 0.608. The third-order valence-electron chi connectivity index (χ3n) is 2.87. The maximum absolute atomic E-state index is 11.8. The second-order valence-corrected chi connectivity index (χ2v) is 4.48. The lowest BCUT2D eigenvalue weighted by Crippen LogP contribution is -2.35. The SMILES string of the molecule is CCCCC(=O)Nc1ccccc1C(CO)NC(N)=O. The Morgan fingerprint density at radius 1 is 1.35 bits per heavy atom. The first kappa shape index (κ1) is 16.0. The molecule has 6 nitrogen and oxygen atoms in total. The first-order valence-electron chi connectivity index (χ1n) is 6.64. The van der Waals surface area contributed by atoms with Gasteiger partial charge in [0.2, 0.25) is 5.91 Å². The van der Waals surface area contributed by atoms with Crippen LogP contribution in [0.4, 0.5) is 10.5 Å². The van der Waals surface area contributed by atoms with E-state index in [0.29, 0.717) is 17.7 Å². The molecule has 1 rings (SSSR count). The Kier molecular flexibility index (Phi) is 6.52. The van der Waals surface area contributed by atoms with Crippen LogP contribution in [0.5, 0.6) is 0 Å². The Hall–Kier alpha value is -2.08. The number of amides is 3. The fourth-order valence-corrected chi connectivity index (χ4v) is 1.86. The Balaban J connectivity index is 2.86. The monoisotopic (exact) mass is 279 g/mol. The van der Waals surface area contributed by atoms with E-state index in [1.807, 2.05) is 6.92 Å². The summed E-state index contributed by atoms with van der Waals surface area (Å²) in [7, 11) is 0. The molecule has 1 aromatic rings. The normalized spacial score (nSPS) is 11.7. The summed E-state index contributed by atoms with van der Waals surface area (Å²) < 4.78 is 0. The first-order valence-corrected chi connectivity index (χ1v) is 6.64. The fraction of sp³-hybridized carbons (Fsp3) is 0.429. The maximum Gasteiger partial charge on any atom is 0.312 e. The topological polar surface area (TPSA) is 104 Å². The third-order valence-corrected chi connectivity index (χ3v) is 2.87. The number of carbonyl (C=O) groups is 2. The molecular formula is C14H21N3O3. The number of urea groups is 1. The van der Waals surface area contributed by atoms with Crippen molar-refractivity contribution in [3.8, 4) is 0 Å². The zero-order chi connectivity index (χ0) is 15.0. The van der Waals surface area contributed by atoms with Crippen molar-refractivity contribution in [2.24, 2.45) is 5.73 Å². The van der Waals surface area contributed by atoms with Crippen LogP contribution in [0.3, 0.4) is 0 Å². The average molecular weight is 279 g/mol. The molecule has 0 bridgehead atoms. The highest BCUT2D eigenvalue weighted by Gasteiger charge is 2.16. The molecule has 6 heteroatoms. The number of unbranched alkanes of at least 4 members (excludes halogenated alkanes) is 1. The number of rotatable bonds is 7. The summed E-state index contributed by atoms with van der Waals surface area (Å²) >= 11 is 0. The maximum atomic E-state index is 11.8. The van der Waals surface area contributed by atoms with Crippen molar-refractivity contribution in [2.75, 3.05) is 11.9 Å². The zero-order valence-corrected chi connectivity index (χ0v) is 11.6. The van der Waals surface area contributed by atoms with Crippen molar-refractivity contribution >= 4 is 17.6 Å². The van der Waals surface area contributed by atoms with Crippen molar-refractivity contribution in [1.82, 2.24) is 5.32 Å². The molecule has 1 atom stereocenters. The lowest BCUT2D eigenvalue weighted by Gasteiger charge is -2.19. The molecule has 0 saturated heterocycles. The van der Waals surface area contributed by atoms with Gasteiger partial charge in [-0.15, -0.1) is 0 Å². The van der Waals surface area contributed by atoms with Crippen molar-refractivity contribution in [1.29, 1.82) is 0 Å². The third kappa shape index (κ3) is 4.89. The Labute approximate surface area is 118 Å². The van der Waals surface area contributed by atoms with Gasteiger partial charge in [-0.3, -0.25) is 4.79 Å². The van der Waals surface area contributed by atoms with Gasteiger partial charge in [-0.2, -0.15) is 0 Å².